The molecule has 100 valence electrons. The molecule has 2 aliphatic rings. The number of fused-ring (bicyclic) bond motifs is 1. The van der Waals surface area contributed by atoms with Crippen LogP contribution in [0.15, 0.2) is 4.52 Å². The summed E-state index contributed by atoms with van der Waals surface area (Å²) in [6.45, 7) is 1.90. The van der Waals surface area contributed by atoms with Gasteiger partial charge < -0.3 is 10.3 Å². The maximum absolute atomic E-state index is 5.78. The first-order chi connectivity index (χ1) is 8.74. The fourth-order valence-electron chi connectivity index (χ4n) is 3.70. The Morgan fingerprint density at radius 2 is 1.94 bits per heavy atom. The summed E-state index contributed by atoms with van der Waals surface area (Å²) in [5.41, 5.74) is 5.78. The summed E-state index contributed by atoms with van der Waals surface area (Å²) in [6.07, 6.45) is 9.46. The van der Waals surface area contributed by atoms with Crippen LogP contribution in [0.2, 0.25) is 0 Å². The van der Waals surface area contributed by atoms with E-state index in [1.807, 2.05) is 6.92 Å². The van der Waals surface area contributed by atoms with Gasteiger partial charge in [0, 0.05) is 5.92 Å². The minimum absolute atomic E-state index is 0.131. The van der Waals surface area contributed by atoms with Crippen molar-refractivity contribution in [3.05, 3.63) is 11.7 Å². The van der Waals surface area contributed by atoms with Crippen LogP contribution >= 0.6 is 0 Å². The third-order valence-corrected chi connectivity index (χ3v) is 4.75. The first-order valence-corrected chi connectivity index (χ1v) is 7.33. The second-order valence-corrected chi connectivity index (χ2v) is 6.09. The quantitative estimate of drug-likeness (QED) is 0.874. The minimum Gasteiger partial charge on any atom is -0.339 e. The molecule has 0 spiro atoms. The summed E-state index contributed by atoms with van der Waals surface area (Å²) in [6, 6.07) is -0.131. The van der Waals surface area contributed by atoms with Gasteiger partial charge >= 0.3 is 0 Å². The van der Waals surface area contributed by atoms with Gasteiger partial charge in [0.15, 0.2) is 5.82 Å². The second kappa shape index (κ2) is 5.00. The number of rotatable bonds is 2. The topological polar surface area (TPSA) is 64.9 Å². The number of hydrogen-bond acceptors (Lipinski definition) is 4. The fourth-order valence-corrected chi connectivity index (χ4v) is 3.70. The highest BCUT2D eigenvalue weighted by Gasteiger charge is 2.35. The molecule has 2 N–H and O–H groups in total. The standard InChI is InChI=1S/C14H23N3O/c1-9(15)13-16-14(18-17-13)12-7-6-10-4-2-3-5-11(10)8-12/h9-12H,2-8,15H2,1H3. The molecule has 0 aliphatic heterocycles. The lowest BCUT2D eigenvalue weighted by Crippen LogP contribution is -2.27. The monoisotopic (exact) mass is 249 g/mol. The molecule has 1 aromatic heterocycles. The van der Waals surface area contributed by atoms with E-state index in [1.54, 1.807) is 0 Å². The minimum atomic E-state index is -0.131. The highest BCUT2D eigenvalue weighted by Crippen LogP contribution is 2.45. The van der Waals surface area contributed by atoms with E-state index in [1.165, 1.54) is 44.9 Å². The van der Waals surface area contributed by atoms with Gasteiger partial charge in [-0.25, -0.2) is 0 Å². The van der Waals surface area contributed by atoms with Crippen LogP contribution in [0.3, 0.4) is 0 Å². The van der Waals surface area contributed by atoms with E-state index >= 15 is 0 Å². The van der Waals surface area contributed by atoms with Crippen molar-refractivity contribution in [2.45, 2.75) is 63.8 Å². The third kappa shape index (κ3) is 2.30. The van der Waals surface area contributed by atoms with Crippen LogP contribution in [0.25, 0.3) is 0 Å². The van der Waals surface area contributed by atoms with Crippen molar-refractivity contribution in [2.24, 2.45) is 17.6 Å². The van der Waals surface area contributed by atoms with E-state index in [9.17, 15) is 0 Å². The van der Waals surface area contributed by atoms with Gasteiger partial charge in [-0.15, -0.1) is 0 Å². The van der Waals surface area contributed by atoms with Crippen LogP contribution in [0.5, 0.6) is 0 Å². The summed E-state index contributed by atoms with van der Waals surface area (Å²) in [5.74, 6) is 3.81. The molecule has 0 aromatic carbocycles. The number of aromatic nitrogens is 2. The van der Waals surface area contributed by atoms with Crippen molar-refractivity contribution in [1.82, 2.24) is 10.1 Å². The molecule has 1 aromatic rings. The van der Waals surface area contributed by atoms with Gasteiger partial charge in [0.05, 0.1) is 6.04 Å². The second-order valence-electron chi connectivity index (χ2n) is 6.09. The molecule has 4 nitrogen and oxygen atoms in total. The van der Waals surface area contributed by atoms with Gasteiger partial charge in [-0.05, 0) is 38.0 Å². The Kier molecular flexibility index (Phi) is 3.37. The fraction of sp³-hybridized carbons (Fsp3) is 0.857. The summed E-state index contributed by atoms with van der Waals surface area (Å²) in [4.78, 5) is 4.47. The van der Waals surface area contributed by atoms with E-state index in [2.05, 4.69) is 10.1 Å². The Bertz CT molecular complexity index is 401. The third-order valence-electron chi connectivity index (χ3n) is 4.75. The lowest BCUT2D eigenvalue weighted by atomic mass is 9.67. The zero-order valence-corrected chi connectivity index (χ0v) is 11.1. The molecule has 18 heavy (non-hydrogen) atoms. The van der Waals surface area contributed by atoms with Gasteiger partial charge in [0.25, 0.3) is 0 Å². The van der Waals surface area contributed by atoms with E-state index in [-0.39, 0.29) is 6.04 Å². The maximum atomic E-state index is 5.78. The number of nitrogens with zero attached hydrogens (tertiary/aromatic N) is 2. The smallest absolute Gasteiger partial charge is 0.229 e. The van der Waals surface area contributed by atoms with Gasteiger partial charge in [-0.2, -0.15) is 4.98 Å². The van der Waals surface area contributed by atoms with Crippen LogP contribution in [0.1, 0.15) is 75.5 Å². The van der Waals surface area contributed by atoms with Crippen molar-refractivity contribution < 1.29 is 4.52 Å². The molecule has 0 amide bonds. The molecular formula is C14H23N3O. The highest BCUT2D eigenvalue weighted by atomic mass is 16.5. The highest BCUT2D eigenvalue weighted by molar-refractivity contribution is 5.00. The van der Waals surface area contributed by atoms with Crippen molar-refractivity contribution in [2.75, 3.05) is 0 Å². The van der Waals surface area contributed by atoms with Gasteiger partial charge in [-0.3, -0.25) is 0 Å². The first-order valence-electron chi connectivity index (χ1n) is 7.33. The molecule has 4 atom stereocenters. The molecule has 0 saturated heterocycles. The molecule has 2 aliphatic carbocycles. The van der Waals surface area contributed by atoms with Gasteiger partial charge in [0.2, 0.25) is 5.89 Å². The van der Waals surface area contributed by atoms with E-state index in [0.717, 1.165) is 17.7 Å². The maximum Gasteiger partial charge on any atom is 0.229 e. The summed E-state index contributed by atoms with van der Waals surface area (Å²) in [7, 11) is 0. The number of nitrogens with two attached hydrogens (primary N) is 1. The Morgan fingerprint density at radius 3 is 2.67 bits per heavy atom. The zero-order valence-electron chi connectivity index (χ0n) is 11.1. The van der Waals surface area contributed by atoms with Crippen molar-refractivity contribution in [3.63, 3.8) is 0 Å². The summed E-state index contributed by atoms with van der Waals surface area (Å²) < 4.78 is 5.40. The Hall–Kier alpha value is -0.900. The molecule has 2 saturated carbocycles. The van der Waals surface area contributed by atoms with E-state index in [4.69, 9.17) is 10.3 Å². The van der Waals surface area contributed by atoms with Crippen LogP contribution in [-0.4, -0.2) is 10.1 Å². The SMILES string of the molecule is CC(N)c1noc(C2CCC3CCCCC3C2)n1. The molecule has 3 rings (SSSR count). The summed E-state index contributed by atoms with van der Waals surface area (Å²) >= 11 is 0. The van der Waals surface area contributed by atoms with Crippen molar-refractivity contribution in [1.29, 1.82) is 0 Å². The Labute approximate surface area is 108 Å². The van der Waals surface area contributed by atoms with E-state index in [0.29, 0.717) is 11.7 Å². The molecule has 0 radical (unpaired) electrons. The molecule has 4 unspecified atom stereocenters. The molecule has 1 heterocycles. The first kappa shape index (κ1) is 12.2. The predicted molar refractivity (Wildman–Crippen MR) is 68.9 cm³/mol. The van der Waals surface area contributed by atoms with Crippen LogP contribution in [0, 0.1) is 11.8 Å². The van der Waals surface area contributed by atoms with Gasteiger partial charge in [0.1, 0.15) is 0 Å². The predicted octanol–water partition coefficient (Wildman–Crippen LogP) is 3.16. The van der Waals surface area contributed by atoms with Gasteiger partial charge in [-0.1, -0.05) is 30.8 Å². The summed E-state index contributed by atoms with van der Waals surface area (Å²) in [5, 5.41) is 3.98. The Balaban J connectivity index is 1.69. The van der Waals surface area contributed by atoms with Crippen molar-refractivity contribution >= 4 is 0 Å². The van der Waals surface area contributed by atoms with Crippen LogP contribution in [-0.2, 0) is 0 Å². The zero-order chi connectivity index (χ0) is 12.5. The molecule has 2 fully saturated rings. The lowest BCUT2D eigenvalue weighted by Gasteiger charge is -2.38. The van der Waals surface area contributed by atoms with Crippen LogP contribution < -0.4 is 5.73 Å². The number of hydrogen-bond donors (Lipinski definition) is 1. The average Bonchev–Trinajstić information content (AvgIpc) is 2.88. The largest absolute Gasteiger partial charge is 0.339 e. The van der Waals surface area contributed by atoms with Crippen LogP contribution in [0.4, 0.5) is 0 Å². The average molecular weight is 249 g/mol. The van der Waals surface area contributed by atoms with Crippen molar-refractivity contribution in [3.8, 4) is 0 Å². The molecular weight excluding hydrogens is 226 g/mol. The molecule has 4 heteroatoms. The van der Waals surface area contributed by atoms with E-state index < -0.39 is 0 Å². The molecule has 0 bridgehead atoms. The Morgan fingerprint density at radius 1 is 1.17 bits per heavy atom. The lowest BCUT2D eigenvalue weighted by molar-refractivity contribution is 0.142. The normalized spacial score (nSPS) is 34.0.